The van der Waals surface area contributed by atoms with Crippen molar-refractivity contribution in [3.8, 4) is 5.75 Å². The standard InChI is InChI=1S/C9H12FNO2/c1-11(12)6-7-5-8(10)3-4-9(7)13-2/h3-5,12H,6H2,1-2H3. The summed E-state index contributed by atoms with van der Waals surface area (Å²) in [7, 11) is 3.00. The highest BCUT2D eigenvalue weighted by Gasteiger charge is 2.05. The van der Waals surface area contributed by atoms with E-state index in [1.165, 1.54) is 32.4 Å². The Hall–Kier alpha value is -1.13. The molecule has 1 aromatic rings. The zero-order valence-electron chi connectivity index (χ0n) is 7.62. The van der Waals surface area contributed by atoms with Crippen molar-refractivity contribution in [3.05, 3.63) is 29.6 Å². The van der Waals surface area contributed by atoms with Crippen molar-refractivity contribution in [3.63, 3.8) is 0 Å². The van der Waals surface area contributed by atoms with Gasteiger partial charge in [-0.1, -0.05) is 0 Å². The van der Waals surface area contributed by atoms with E-state index in [1.54, 1.807) is 0 Å². The van der Waals surface area contributed by atoms with Crippen LogP contribution in [0.25, 0.3) is 0 Å². The Bertz CT molecular complexity index is 289. The minimum Gasteiger partial charge on any atom is -0.496 e. The van der Waals surface area contributed by atoms with E-state index >= 15 is 0 Å². The van der Waals surface area contributed by atoms with Gasteiger partial charge >= 0.3 is 0 Å². The fraction of sp³-hybridized carbons (Fsp3) is 0.333. The summed E-state index contributed by atoms with van der Waals surface area (Å²) in [5.74, 6) is 0.236. The van der Waals surface area contributed by atoms with E-state index in [1.807, 2.05) is 0 Å². The van der Waals surface area contributed by atoms with E-state index in [4.69, 9.17) is 9.94 Å². The minimum absolute atomic E-state index is 0.237. The molecule has 0 aliphatic carbocycles. The molecule has 0 saturated heterocycles. The predicted octanol–water partition coefficient (Wildman–Crippen LogP) is 1.66. The van der Waals surface area contributed by atoms with Crippen LogP contribution in [0.15, 0.2) is 18.2 Å². The Morgan fingerprint density at radius 2 is 2.23 bits per heavy atom. The average Bonchev–Trinajstić information content (AvgIpc) is 2.03. The molecular formula is C9H12FNO2. The van der Waals surface area contributed by atoms with Crippen LogP contribution >= 0.6 is 0 Å². The molecule has 0 aliphatic rings. The van der Waals surface area contributed by atoms with E-state index in [0.29, 0.717) is 11.3 Å². The molecule has 1 rings (SSSR count). The van der Waals surface area contributed by atoms with Crippen LogP contribution in [0.1, 0.15) is 5.56 Å². The maximum absolute atomic E-state index is 12.8. The van der Waals surface area contributed by atoms with Crippen LogP contribution in [-0.4, -0.2) is 24.4 Å². The molecule has 0 spiro atoms. The van der Waals surface area contributed by atoms with Crippen molar-refractivity contribution in [2.75, 3.05) is 14.2 Å². The van der Waals surface area contributed by atoms with Crippen LogP contribution in [0.4, 0.5) is 4.39 Å². The first-order valence-electron chi connectivity index (χ1n) is 3.86. The maximum atomic E-state index is 12.8. The van der Waals surface area contributed by atoms with Gasteiger partial charge in [0.25, 0.3) is 0 Å². The van der Waals surface area contributed by atoms with Gasteiger partial charge in [0.15, 0.2) is 0 Å². The van der Waals surface area contributed by atoms with Crippen LogP contribution in [0, 0.1) is 5.82 Å². The summed E-state index contributed by atoms with van der Waals surface area (Å²) in [5, 5.41) is 9.94. The highest BCUT2D eigenvalue weighted by atomic mass is 19.1. The second-order valence-corrected chi connectivity index (χ2v) is 2.77. The molecule has 0 saturated carbocycles. The van der Waals surface area contributed by atoms with Crippen LogP contribution in [0.3, 0.4) is 0 Å². The quantitative estimate of drug-likeness (QED) is 0.727. The summed E-state index contributed by atoms with van der Waals surface area (Å²) >= 11 is 0. The van der Waals surface area contributed by atoms with Crippen molar-refractivity contribution >= 4 is 0 Å². The molecule has 0 fully saturated rings. The van der Waals surface area contributed by atoms with Gasteiger partial charge < -0.3 is 9.94 Å². The van der Waals surface area contributed by atoms with E-state index in [2.05, 4.69) is 0 Å². The zero-order valence-corrected chi connectivity index (χ0v) is 7.62. The highest BCUT2D eigenvalue weighted by molar-refractivity contribution is 5.33. The molecule has 72 valence electrons. The van der Waals surface area contributed by atoms with Crippen molar-refractivity contribution in [2.45, 2.75) is 6.54 Å². The van der Waals surface area contributed by atoms with E-state index in [-0.39, 0.29) is 12.4 Å². The lowest BCUT2D eigenvalue weighted by molar-refractivity contribution is -0.0735. The predicted molar refractivity (Wildman–Crippen MR) is 46.2 cm³/mol. The lowest BCUT2D eigenvalue weighted by atomic mass is 10.2. The molecule has 1 aromatic carbocycles. The van der Waals surface area contributed by atoms with Crippen LogP contribution in [-0.2, 0) is 6.54 Å². The van der Waals surface area contributed by atoms with Crippen molar-refractivity contribution < 1.29 is 14.3 Å². The Labute approximate surface area is 76.3 Å². The third-order valence-corrected chi connectivity index (χ3v) is 1.64. The largest absolute Gasteiger partial charge is 0.496 e. The number of hydrogen-bond donors (Lipinski definition) is 1. The Balaban J connectivity index is 2.94. The van der Waals surface area contributed by atoms with Gasteiger partial charge in [-0.3, -0.25) is 0 Å². The number of nitrogens with zero attached hydrogens (tertiary/aromatic N) is 1. The molecule has 0 radical (unpaired) electrons. The van der Waals surface area contributed by atoms with Gasteiger partial charge in [-0.25, -0.2) is 4.39 Å². The summed E-state index contributed by atoms with van der Waals surface area (Å²) in [6, 6.07) is 4.19. The molecular weight excluding hydrogens is 173 g/mol. The van der Waals surface area contributed by atoms with Gasteiger partial charge in [-0.05, 0) is 18.2 Å². The smallest absolute Gasteiger partial charge is 0.123 e. The Morgan fingerprint density at radius 1 is 1.54 bits per heavy atom. The Kier molecular flexibility index (Phi) is 3.22. The third-order valence-electron chi connectivity index (χ3n) is 1.64. The molecule has 4 heteroatoms. The molecule has 1 N–H and O–H groups in total. The molecule has 13 heavy (non-hydrogen) atoms. The van der Waals surface area contributed by atoms with Gasteiger partial charge in [-0.2, -0.15) is 5.06 Å². The van der Waals surface area contributed by atoms with Crippen molar-refractivity contribution in [1.29, 1.82) is 0 Å². The first-order valence-corrected chi connectivity index (χ1v) is 3.86. The summed E-state index contributed by atoms with van der Waals surface area (Å²) in [4.78, 5) is 0. The van der Waals surface area contributed by atoms with Gasteiger partial charge in [0.05, 0.1) is 13.7 Å². The second-order valence-electron chi connectivity index (χ2n) is 2.77. The summed E-state index contributed by atoms with van der Waals surface area (Å²) < 4.78 is 17.8. The first kappa shape index (κ1) is 9.95. The van der Waals surface area contributed by atoms with Crippen molar-refractivity contribution in [2.24, 2.45) is 0 Å². The van der Waals surface area contributed by atoms with Crippen molar-refractivity contribution in [1.82, 2.24) is 5.06 Å². The molecule has 3 nitrogen and oxygen atoms in total. The van der Waals surface area contributed by atoms with Crippen LogP contribution in [0.5, 0.6) is 5.75 Å². The molecule has 0 amide bonds. The number of benzene rings is 1. The van der Waals surface area contributed by atoms with Gasteiger partial charge in [-0.15, -0.1) is 0 Å². The average molecular weight is 185 g/mol. The number of halogens is 1. The molecule has 0 aromatic heterocycles. The normalized spacial score (nSPS) is 10.5. The van der Waals surface area contributed by atoms with Gasteiger partial charge in [0.2, 0.25) is 0 Å². The fourth-order valence-electron chi connectivity index (χ4n) is 1.12. The lowest BCUT2D eigenvalue weighted by Crippen LogP contribution is -2.12. The van der Waals surface area contributed by atoms with Crippen LogP contribution < -0.4 is 4.74 Å². The van der Waals surface area contributed by atoms with E-state index < -0.39 is 0 Å². The number of methoxy groups -OCH3 is 1. The zero-order chi connectivity index (χ0) is 9.84. The third kappa shape index (κ3) is 2.68. The topological polar surface area (TPSA) is 32.7 Å². The fourth-order valence-corrected chi connectivity index (χ4v) is 1.12. The van der Waals surface area contributed by atoms with E-state index in [9.17, 15) is 4.39 Å². The molecule has 0 bridgehead atoms. The lowest BCUT2D eigenvalue weighted by Gasteiger charge is -2.11. The molecule has 0 heterocycles. The summed E-state index contributed by atoms with van der Waals surface area (Å²) in [6.07, 6.45) is 0. The number of hydroxylamine groups is 2. The van der Waals surface area contributed by atoms with Crippen LogP contribution in [0.2, 0.25) is 0 Å². The first-order chi connectivity index (χ1) is 6.13. The van der Waals surface area contributed by atoms with Gasteiger partial charge in [0.1, 0.15) is 11.6 Å². The van der Waals surface area contributed by atoms with E-state index in [0.717, 1.165) is 5.06 Å². The monoisotopic (exact) mass is 185 g/mol. The summed E-state index contributed by atoms with van der Waals surface area (Å²) in [5.41, 5.74) is 0.618. The number of rotatable bonds is 3. The minimum atomic E-state index is -0.336. The molecule has 0 atom stereocenters. The number of ether oxygens (including phenoxy) is 1. The highest BCUT2D eigenvalue weighted by Crippen LogP contribution is 2.19. The summed E-state index contributed by atoms with van der Waals surface area (Å²) in [6.45, 7) is 0.237. The Morgan fingerprint density at radius 3 is 2.77 bits per heavy atom. The SMILES string of the molecule is COc1ccc(F)cc1CN(C)O. The molecule has 0 unspecified atom stereocenters. The van der Waals surface area contributed by atoms with Gasteiger partial charge in [0, 0.05) is 12.6 Å². The molecule has 0 aliphatic heterocycles. The maximum Gasteiger partial charge on any atom is 0.123 e. The number of hydrogen-bond acceptors (Lipinski definition) is 3. The second kappa shape index (κ2) is 4.20.